The number of aliphatic hydroxyl groups is 1. The number of likely N-dealkylation sites (tertiary alicyclic amines) is 1. The maximum Gasteiger partial charge on any atom is 0.295 e. The van der Waals surface area contributed by atoms with Gasteiger partial charge in [0.05, 0.1) is 24.8 Å². The second-order valence-electron chi connectivity index (χ2n) is 6.50. The Morgan fingerprint density at radius 2 is 1.90 bits per heavy atom. The number of aliphatic hydroxyl groups excluding tert-OH is 1. The molecule has 0 aromatic heterocycles. The Morgan fingerprint density at radius 3 is 2.52 bits per heavy atom. The van der Waals surface area contributed by atoms with Gasteiger partial charge in [0.25, 0.3) is 11.7 Å². The summed E-state index contributed by atoms with van der Waals surface area (Å²) < 4.78 is 11.3. The molecule has 7 heteroatoms. The Balaban J connectivity index is 2.10. The summed E-state index contributed by atoms with van der Waals surface area (Å²) in [5, 5.41) is 11.0. The van der Waals surface area contributed by atoms with Gasteiger partial charge in [-0.2, -0.15) is 0 Å². The van der Waals surface area contributed by atoms with Gasteiger partial charge in [0.1, 0.15) is 11.5 Å². The summed E-state index contributed by atoms with van der Waals surface area (Å²) in [4.78, 5) is 27.0. The summed E-state index contributed by atoms with van der Waals surface area (Å²) in [6.45, 7) is 2.92. The van der Waals surface area contributed by atoms with Crippen LogP contribution in [0.1, 0.15) is 24.1 Å². The Morgan fingerprint density at radius 1 is 1.17 bits per heavy atom. The number of rotatable bonds is 7. The second kappa shape index (κ2) is 9.24. The van der Waals surface area contributed by atoms with Gasteiger partial charge in [0.2, 0.25) is 0 Å². The molecule has 2 aromatic carbocycles. The van der Waals surface area contributed by atoms with Gasteiger partial charge < -0.3 is 19.5 Å². The van der Waals surface area contributed by atoms with Crippen LogP contribution >= 0.6 is 15.9 Å². The molecular formula is C22H22BrNO5. The minimum absolute atomic E-state index is 0.0633. The zero-order valence-corrected chi connectivity index (χ0v) is 17.8. The van der Waals surface area contributed by atoms with Crippen molar-refractivity contribution < 1.29 is 24.2 Å². The van der Waals surface area contributed by atoms with Crippen LogP contribution in [0.2, 0.25) is 0 Å². The number of ether oxygens (including phenoxy) is 2. The van der Waals surface area contributed by atoms with Gasteiger partial charge in [-0.25, -0.2) is 0 Å². The van der Waals surface area contributed by atoms with Gasteiger partial charge in [-0.3, -0.25) is 9.59 Å². The van der Waals surface area contributed by atoms with E-state index in [2.05, 4.69) is 15.9 Å². The van der Waals surface area contributed by atoms with E-state index in [0.29, 0.717) is 17.9 Å². The Bertz CT molecular complexity index is 938. The molecule has 6 nitrogen and oxygen atoms in total. The highest BCUT2D eigenvalue weighted by molar-refractivity contribution is 9.10. The second-order valence-corrected chi connectivity index (χ2v) is 7.41. The first-order chi connectivity index (χ1) is 14.0. The SMILES string of the molecule is CCOc1ccc(C(O)=C2C(=O)C(=O)N(CCOC)[C@@H]2c2cccc(Br)c2)cc1. The number of amides is 1. The summed E-state index contributed by atoms with van der Waals surface area (Å²) in [5.74, 6) is -0.915. The average Bonchev–Trinajstić information content (AvgIpc) is 2.97. The average molecular weight is 460 g/mol. The van der Waals surface area contributed by atoms with Crippen LogP contribution in [0, 0.1) is 0 Å². The number of nitrogens with zero attached hydrogens (tertiary/aromatic N) is 1. The van der Waals surface area contributed by atoms with Gasteiger partial charge in [0, 0.05) is 23.7 Å². The molecule has 152 valence electrons. The van der Waals surface area contributed by atoms with E-state index in [1.54, 1.807) is 24.3 Å². The van der Waals surface area contributed by atoms with Crippen molar-refractivity contribution in [3.8, 4) is 5.75 Å². The highest BCUT2D eigenvalue weighted by atomic mass is 79.9. The molecule has 1 atom stereocenters. The van der Waals surface area contributed by atoms with Crippen LogP contribution in [0.25, 0.3) is 5.76 Å². The maximum absolute atomic E-state index is 12.8. The Kier molecular flexibility index (Phi) is 6.71. The van der Waals surface area contributed by atoms with Crippen molar-refractivity contribution in [2.24, 2.45) is 0 Å². The molecule has 29 heavy (non-hydrogen) atoms. The van der Waals surface area contributed by atoms with Crippen LogP contribution < -0.4 is 4.74 Å². The molecule has 1 fully saturated rings. The lowest BCUT2D eigenvalue weighted by molar-refractivity contribution is -0.140. The summed E-state index contributed by atoms with van der Waals surface area (Å²) in [5.41, 5.74) is 1.23. The van der Waals surface area contributed by atoms with E-state index in [-0.39, 0.29) is 24.5 Å². The minimum Gasteiger partial charge on any atom is -0.507 e. The normalized spacial score (nSPS) is 18.3. The summed E-state index contributed by atoms with van der Waals surface area (Å²) in [7, 11) is 1.53. The third-order valence-electron chi connectivity index (χ3n) is 4.68. The molecule has 0 bridgehead atoms. The topological polar surface area (TPSA) is 76.1 Å². The lowest BCUT2D eigenvalue weighted by Gasteiger charge is -2.25. The van der Waals surface area contributed by atoms with Crippen LogP contribution in [-0.2, 0) is 14.3 Å². The fourth-order valence-corrected chi connectivity index (χ4v) is 3.77. The highest BCUT2D eigenvalue weighted by Gasteiger charge is 2.45. The fraction of sp³-hybridized carbons (Fsp3) is 0.273. The van der Waals surface area contributed by atoms with Gasteiger partial charge in [0.15, 0.2) is 0 Å². The predicted molar refractivity (Wildman–Crippen MR) is 113 cm³/mol. The molecule has 0 aliphatic carbocycles. The van der Waals surface area contributed by atoms with E-state index in [4.69, 9.17) is 9.47 Å². The lowest BCUT2D eigenvalue weighted by Crippen LogP contribution is -2.32. The van der Waals surface area contributed by atoms with Crippen LogP contribution in [0.5, 0.6) is 5.75 Å². The number of Topliss-reactive ketones (excluding diaryl/α,β-unsaturated/α-hetero) is 1. The quantitative estimate of drug-likeness (QED) is 0.385. The number of benzene rings is 2. The maximum atomic E-state index is 12.8. The van der Waals surface area contributed by atoms with E-state index in [9.17, 15) is 14.7 Å². The molecule has 1 N–H and O–H groups in total. The van der Waals surface area contributed by atoms with Crippen molar-refractivity contribution in [2.45, 2.75) is 13.0 Å². The van der Waals surface area contributed by atoms with E-state index in [1.165, 1.54) is 12.0 Å². The smallest absolute Gasteiger partial charge is 0.295 e. The van der Waals surface area contributed by atoms with Gasteiger partial charge in [-0.05, 0) is 48.9 Å². The van der Waals surface area contributed by atoms with Crippen molar-refractivity contribution in [2.75, 3.05) is 26.9 Å². The first-order valence-corrected chi connectivity index (χ1v) is 10.0. The van der Waals surface area contributed by atoms with E-state index in [0.717, 1.165) is 10.0 Å². The predicted octanol–water partition coefficient (Wildman–Crippen LogP) is 3.92. The minimum atomic E-state index is -0.711. The van der Waals surface area contributed by atoms with Crippen molar-refractivity contribution in [1.29, 1.82) is 0 Å². The van der Waals surface area contributed by atoms with Crippen LogP contribution in [-0.4, -0.2) is 48.6 Å². The van der Waals surface area contributed by atoms with Gasteiger partial charge >= 0.3 is 0 Å². The van der Waals surface area contributed by atoms with Gasteiger partial charge in [-0.15, -0.1) is 0 Å². The molecule has 1 aliphatic heterocycles. The molecule has 1 heterocycles. The summed E-state index contributed by atoms with van der Waals surface area (Å²) in [6, 6.07) is 13.4. The molecular weight excluding hydrogens is 438 g/mol. The molecule has 1 saturated heterocycles. The van der Waals surface area contributed by atoms with Crippen molar-refractivity contribution in [1.82, 2.24) is 4.90 Å². The van der Waals surface area contributed by atoms with Crippen molar-refractivity contribution in [3.63, 3.8) is 0 Å². The van der Waals surface area contributed by atoms with E-state index >= 15 is 0 Å². The fourth-order valence-electron chi connectivity index (χ4n) is 3.35. The van der Waals surface area contributed by atoms with Crippen LogP contribution in [0.4, 0.5) is 0 Å². The number of halogens is 1. The zero-order chi connectivity index (χ0) is 21.0. The number of hydrogen-bond acceptors (Lipinski definition) is 5. The molecule has 2 aromatic rings. The first kappa shape index (κ1) is 21.1. The summed E-state index contributed by atoms with van der Waals surface area (Å²) >= 11 is 3.43. The van der Waals surface area contributed by atoms with Gasteiger partial charge in [-0.1, -0.05) is 28.1 Å². The van der Waals surface area contributed by atoms with E-state index < -0.39 is 17.7 Å². The largest absolute Gasteiger partial charge is 0.507 e. The molecule has 1 aliphatic rings. The number of hydrogen-bond donors (Lipinski definition) is 1. The number of carbonyl (C=O) groups excluding carboxylic acids is 2. The molecule has 3 rings (SSSR count). The lowest BCUT2D eigenvalue weighted by atomic mass is 9.95. The third kappa shape index (κ3) is 4.36. The summed E-state index contributed by atoms with van der Waals surface area (Å²) in [6.07, 6.45) is 0. The van der Waals surface area contributed by atoms with E-state index in [1.807, 2.05) is 31.2 Å². The highest BCUT2D eigenvalue weighted by Crippen LogP contribution is 2.40. The van der Waals surface area contributed by atoms with Crippen molar-refractivity contribution >= 4 is 33.4 Å². The molecule has 0 saturated carbocycles. The number of carbonyl (C=O) groups is 2. The van der Waals surface area contributed by atoms with Crippen LogP contribution in [0.15, 0.2) is 58.6 Å². The molecule has 1 amide bonds. The zero-order valence-electron chi connectivity index (χ0n) is 16.2. The Labute approximate surface area is 177 Å². The Hall–Kier alpha value is -2.64. The third-order valence-corrected chi connectivity index (χ3v) is 5.17. The monoisotopic (exact) mass is 459 g/mol. The first-order valence-electron chi connectivity index (χ1n) is 9.24. The standard InChI is InChI=1S/C22H22BrNO5/c1-3-29-17-9-7-14(8-10-17)20(25)18-19(15-5-4-6-16(23)13-15)24(11-12-28-2)22(27)21(18)26/h4-10,13,19,25H,3,11-12H2,1-2H3/t19-/m1/s1. The molecule has 0 spiro atoms. The number of methoxy groups -OCH3 is 1. The number of ketones is 1. The molecule has 0 unspecified atom stereocenters. The van der Waals surface area contributed by atoms with Crippen LogP contribution in [0.3, 0.4) is 0 Å². The molecule has 0 radical (unpaired) electrons. The van der Waals surface area contributed by atoms with Crippen molar-refractivity contribution in [3.05, 3.63) is 69.7 Å².